The molecule has 1 aromatic carbocycles. The minimum absolute atomic E-state index is 0.125. The van der Waals surface area contributed by atoms with E-state index in [1.807, 2.05) is 48.1 Å². The van der Waals surface area contributed by atoms with Crippen molar-refractivity contribution in [1.29, 1.82) is 0 Å². The Morgan fingerprint density at radius 1 is 1.09 bits per heavy atom. The molecule has 1 aromatic rings. The van der Waals surface area contributed by atoms with Crippen molar-refractivity contribution in [3.05, 3.63) is 48.0 Å². The van der Waals surface area contributed by atoms with Crippen LogP contribution in [0.5, 0.6) is 0 Å². The van der Waals surface area contributed by atoms with Crippen LogP contribution in [0.4, 0.5) is 0 Å². The zero-order valence-corrected chi connectivity index (χ0v) is 21.9. The maximum absolute atomic E-state index is 13.8. The Labute approximate surface area is 199 Å². The lowest BCUT2D eigenvalue weighted by Crippen LogP contribution is -2.75. The van der Waals surface area contributed by atoms with Crippen molar-refractivity contribution in [1.82, 2.24) is 9.96 Å². The zero-order valence-electron chi connectivity index (χ0n) is 21.9. The zero-order chi connectivity index (χ0) is 25.2. The quantitative estimate of drug-likeness (QED) is 0.367. The second kappa shape index (κ2) is 9.98. The molecule has 2 unspecified atom stereocenters. The first kappa shape index (κ1) is 27.1. The molecule has 6 heteroatoms. The van der Waals surface area contributed by atoms with E-state index in [4.69, 9.17) is 9.57 Å². The number of nitrogens with zero attached hydrogens (tertiary/aromatic N) is 2. The third-order valence-electron chi connectivity index (χ3n) is 6.70. The normalized spacial score (nSPS) is 20.3. The van der Waals surface area contributed by atoms with Crippen LogP contribution >= 0.6 is 0 Å². The van der Waals surface area contributed by atoms with E-state index in [0.717, 1.165) is 17.2 Å². The minimum atomic E-state index is -0.726. The molecule has 2 rings (SSSR count). The third kappa shape index (κ3) is 5.49. The molecule has 1 amide bonds. The summed E-state index contributed by atoms with van der Waals surface area (Å²) in [6.45, 7) is 22.5. The maximum atomic E-state index is 13.8. The van der Waals surface area contributed by atoms with Crippen LogP contribution < -0.4 is 0 Å². The molecule has 6 nitrogen and oxygen atoms in total. The van der Waals surface area contributed by atoms with Gasteiger partial charge in [-0.3, -0.25) is 9.63 Å². The highest BCUT2D eigenvalue weighted by molar-refractivity contribution is 5.88. The van der Waals surface area contributed by atoms with Crippen molar-refractivity contribution < 1.29 is 19.2 Å². The Balaban J connectivity index is 2.31. The number of benzene rings is 1. The topological polar surface area (TPSA) is 59.1 Å². The molecule has 0 spiro atoms. The molecule has 1 heterocycles. The molecule has 1 fully saturated rings. The van der Waals surface area contributed by atoms with Gasteiger partial charge in [-0.15, -0.1) is 0 Å². The van der Waals surface area contributed by atoms with E-state index in [1.54, 1.807) is 0 Å². The average Bonchev–Trinajstić information content (AvgIpc) is 2.76. The molecule has 0 N–H and O–H groups in total. The molecule has 0 saturated carbocycles. The molecule has 1 aliphatic heterocycles. The van der Waals surface area contributed by atoms with Gasteiger partial charge in [0.1, 0.15) is 17.7 Å². The molecule has 184 valence electrons. The number of ether oxygens (including phenoxy) is 1. The van der Waals surface area contributed by atoms with Crippen molar-refractivity contribution in [2.45, 2.75) is 104 Å². The lowest BCUT2D eigenvalue weighted by atomic mass is 9.80. The lowest BCUT2D eigenvalue weighted by molar-refractivity contribution is -0.311. The van der Waals surface area contributed by atoms with Crippen LogP contribution in [-0.2, 0) is 19.2 Å². The smallest absolute Gasteiger partial charge is 0.330 e. The molecule has 0 bridgehead atoms. The van der Waals surface area contributed by atoms with Gasteiger partial charge in [0.05, 0.1) is 5.54 Å². The summed E-state index contributed by atoms with van der Waals surface area (Å²) in [6.07, 6.45) is 1.87. The van der Waals surface area contributed by atoms with Crippen molar-refractivity contribution in [3.8, 4) is 0 Å². The van der Waals surface area contributed by atoms with Gasteiger partial charge in [-0.25, -0.2) is 4.79 Å². The summed E-state index contributed by atoms with van der Waals surface area (Å²) >= 11 is 0. The predicted molar refractivity (Wildman–Crippen MR) is 131 cm³/mol. The van der Waals surface area contributed by atoms with Crippen LogP contribution in [0, 0.1) is 0 Å². The van der Waals surface area contributed by atoms with Crippen molar-refractivity contribution in [2.24, 2.45) is 0 Å². The predicted octanol–water partition coefficient (Wildman–Crippen LogP) is 5.75. The SMILES string of the molecule is C=CC(=O)OC(C)c1ccc(C(C)ON2C(C)(C)CN(C(C)(C)C)C(=O)C2(CC)CC)cc1. The Hall–Kier alpha value is -2.18. The fourth-order valence-electron chi connectivity index (χ4n) is 4.61. The van der Waals surface area contributed by atoms with E-state index in [2.05, 4.69) is 55.0 Å². The Morgan fingerprint density at radius 2 is 1.58 bits per heavy atom. The summed E-state index contributed by atoms with van der Waals surface area (Å²) in [5.74, 6) is -0.320. The first-order chi connectivity index (χ1) is 15.2. The fraction of sp³-hybridized carbons (Fsp3) is 0.630. The van der Waals surface area contributed by atoms with Gasteiger partial charge in [0.25, 0.3) is 0 Å². The third-order valence-corrected chi connectivity index (χ3v) is 6.70. The van der Waals surface area contributed by atoms with E-state index in [1.165, 1.54) is 0 Å². The summed E-state index contributed by atoms with van der Waals surface area (Å²) in [5.41, 5.74) is 0.532. The van der Waals surface area contributed by atoms with E-state index in [0.29, 0.717) is 19.4 Å². The summed E-state index contributed by atoms with van der Waals surface area (Å²) in [6, 6.07) is 7.85. The monoisotopic (exact) mass is 458 g/mol. The fourth-order valence-corrected chi connectivity index (χ4v) is 4.61. The van der Waals surface area contributed by atoms with Crippen molar-refractivity contribution in [2.75, 3.05) is 6.54 Å². The summed E-state index contributed by atoms with van der Waals surface area (Å²) in [5, 5.41) is 1.97. The molecule has 2 atom stereocenters. The lowest BCUT2D eigenvalue weighted by Gasteiger charge is -2.59. The van der Waals surface area contributed by atoms with Crippen LogP contribution in [0.1, 0.15) is 98.5 Å². The van der Waals surface area contributed by atoms with Gasteiger partial charge >= 0.3 is 5.97 Å². The number of hydrogen-bond donors (Lipinski definition) is 0. The van der Waals surface area contributed by atoms with Gasteiger partial charge in [-0.2, -0.15) is 5.06 Å². The summed E-state index contributed by atoms with van der Waals surface area (Å²) < 4.78 is 5.30. The highest BCUT2D eigenvalue weighted by atomic mass is 16.7. The maximum Gasteiger partial charge on any atom is 0.330 e. The second-order valence-electron chi connectivity index (χ2n) is 10.6. The number of amides is 1. The Kier molecular flexibility index (Phi) is 8.19. The number of carbonyl (C=O) groups excluding carboxylic acids is 2. The second-order valence-corrected chi connectivity index (χ2v) is 10.6. The Bertz CT molecular complexity index is 850. The van der Waals surface area contributed by atoms with Gasteiger partial charge in [0, 0.05) is 18.2 Å². The molecule has 1 aliphatic rings. The molecule has 0 aliphatic carbocycles. The highest BCUT2D eigenvalue weighted by Gasteiger charge is 2.57. The van der Waals surface area contributed by atoms with Crippen molar-refractivity contribution in [3.63, 3.8) is 0 Å². The molecular formula is C27H42N2O4. The van der Waals surface area contributed by atoms with Gasteiger partial charge in [0.15, 0.2) is 0 Å². The molecular weight excluding hydrogens is 416 g/mol. The molecule has 0 radical (unpaired) electrons. The van der Waals surface area contributed by atoms with Crippen LogP contribution in [0.25, 0.3) is 0 Å². The van der Waals surface area contributed by atoms with Gasteiger partial charge in [-0.1, -0.05) is 44.7 Å². The largest absolute Gasteiger partial charge is 0.455 e. The molecule has 1 saturated heterocycles. The van der Waals surface area contributed by atoms with Crippen LogP contribution in [-0.4, -0.2) is 45.0 Å². The van der Waals surface area contributed by atoms with E-state index in [9.17, 15) is 9.59 Å². The van der Waals surface area contributed by atoms with Crippen LogP contribution in [0.2, 0.25) is 0 Å². The standard InChI is InChI=1S/C27H42N2O4/c1-11-23(30)32-19(4)21-14-16-22(17-15-21)20(5)33-29-26(9,10)18-28(25(6,7)8)24(31)27(29,12-2)13-3/h11,14-17,19-20H,1,12-13,18H2,2-10H3. The van der Waals surface area contributed by atoms with Crippen LogP contribution in [0.3, 0.4) is 0 Å². The number of carbonyl (C=O) groups is 2. The number of piperazine rings is 1. The molecule has 0 aromatic heterocycles. The number of hydrogen-bond acceptors (Lipinski definition) is 5. The van der Waals surface area contributed by atoms with E-state index in [-0.39, 0.29) is 29.2 Å². The first-order valence-corrected chi connectivity index (χ1v) is 12.0. The van der Waals surface area contributed by atoms with E-state index >= 15 is 0 Å². The minimum Gasteiger partial charge on any atom is -0.455 e. The summed E-state index contributed by atoms with van der Waals surface area (Å²) in [4.78, 5) is 33.8. The Morgan fingerprint density at radius 3 is 2.00 bits per heavy atom. The van der Waals surface area contributed by atoms with E-state index < -0.39 is 11.5 Å². The van der Waals surface area contributed by atoms with Gasteiger partial charge < -0.3 is 9.64 Å². The summed E-state index contributed by atoms with van der Waals surface area (Å²) in [7, 11) is 0. The molecule has 33 heavy (non-hydrogen) atoms. The highest BCUT2D eigenvalue weighted by Crippen LogP contribution is 2.42. The first-order valence-electron chi connectivity index (χ1n) is 12.0. The number of hydroxylamine groups is 2. The van der Waals surface area contributed by atoms with Gasteiger partial charge in [0.2, 0.25) is 5.91 Å². The number of esters is 1. The van der Waals surface area contributed by atoms with Gasteiger partial charge in [-0.05, 0) is 72.4 Å². The number of rotatable bonds is 8. The average molecular weight is 459 g/mol. The van der Waals surface area contributed by atoms with Crippen molar-refractivity contribution >= 4 is 11.9 Å². The van der Waals surface area contributed by atoms with Crippen LogP contribution in [0.15, 0.2) is 36.9 Å².